The number of nitrogens with one attached hydrogen (secondary N) is 1. The van der Waals surface area contributed by atoms with Crippen LogP contribution in [-0.2, 0) is 0 Å². The highest BCUT2D eigenvalue weighted by molar-refractivity contribution is 5.66. The van der Waals surface area contributed by atoms with Crippen LogP contribution < -0.4 is 15.0 Å². The highest BCUT2D eigenvalue weighted by Gasteiger charge is 2.32. The van der Waals surface area contributed by atoms with Gasteiger partial charge in [0.25, 0.3) is 0 Å². The molecule has 1 aliphatic heterocycles. The van der Waals surface area contributed by atoms with Crippen molar-refractivity contribution in [3.8, 4) is 5.75 Å². The minimum absolute atomic E-state index is 0.203. The first kappa shape index (κ1) is 17.7. The average molecular weight is 331 g/mol. The van der Waals surface area contributed by atoms with E-state index < -0.39 is 6.36 Å². The zero-order chi connectivity index (χ0) is 17.3. The fraction of sp³-hybridized carbons (Fsp3) is 0.625. The number of piperazine rings is 1. The molecule has 0 spiro atoms. The van der Waals surface area contributed by atoms with Crippen LogP contribution in [0.25, 0.3) is 0 Å². The molecule has 0 radical (unpaired) electrons. The van der Waals surface area contributed by atoms with Crippen LogP contribution in [0.3, 0.4) is 0 Å². The van der Waals surface area contributed by atoms with Crippen LogP contribution in [0.5, 0.6) is 5.75 Å². The molecule has 0 unspecified atom stereocenters. The molecular weight excluding hydrogens is 307 g/mol. The monoisotopic (exact) mass is 331 g/mol. The molecule has 1 fully saturated rings. The Kier molecular flexibility index (Phi) is 4.98. The van der Waals surface area contributed by atoms with Crippen LogP contribution in [0.1, 0.15) is 20.8 Å². The van der Waals surface area contributed by atoms with Crippen molar-refractivity contribution in [1.29, 1.82) is 0 Å². The van der Waals surface area contributed by atoms with Crippen molar-refractivity contribution >= 4 is 11.4 Å². The summed E-state index contributed by atoms with van der Waals surface area (Å²) in [6.45, 7) is 9.26. The van der Waals surface area contributed by atoms with E-state index in [-0.39, 0.29) is 11.3 Å². The molecular formula is C16H24F3N3O. The summed E-state index contributed by atoms with van der Waals surface area (Å²) >= 11 is 0. The Morgan fingerprint density at radius 3 is 2.17 bits per heavy atom. The van der Waals surface area contributed by atoms with Crippen LogP contribution in [0, 0.1) is 0 Å². The summed E-state index contributed by atoms with van der Waals surface area (Å²) in [5.41, 5.74) is 0.885. The number of rotatable bonds is 3. The molecule has 130 valence electrons. The summed E-state index contributed by atoms with van der Waals surface area (Å²) in [5, 5.41) is 3.10. The van der Waals surface area contributed by atoms with E-state index in [2.05, 4.69) is 26.9 Å². The smallest absolute Gasteiger partial charge is 0.404 e. The summed E-state index contributed by atoms with van der Waals surface area (Å²) in [6, 6.07) is 4.80. The van der Waals surface area contributed by atoms with Crippen LogP contribution in [0.15, 0.2) is 18.2 Å². The van der Waals surface area contributed by atoms with Crippen molar-refractivity contribution in [3.63, 3.8) is 0 Å². The molecule has 0 aliphatic carbocycles. The SMILES string of the molecule is CN1CCN(c2ccc(OC(F)(F)F)c(NC(C)(C)C)c2)CC1. The summed E-state index contributed by atoms with van der Waals surface area (Å²) in [4.78, 5) is 4.40. The Bertz CT molecular complexity index is 532. The number of alkyl halides is 3. The van der Waals surface area contributed by atoms with E-state index in [9.17, 15) is 13.2 Å². The normalized spacial score (nSPS) is 17.3. The number of halogens is 3. The van der Waals surface area contributed by atoms with Gasteiger partial charge >= 0.3 is 6.36 Å². The van der Waals surface area contributed by atoms with Crippen LogP contribution in [0.2, 0.25) is 0 Å². The number of benzene rings is 1. The third-order valence-corrected chi connectivity index (χ3v) is 3.57. The molecule has 0 atom stereocenters. The Morgan fingerprint density at radius 1 is 1.04 bits per heavy atom. The lowest BCUT2D eigenvalue weighted by atomic mass is 10.1. The lowest BCUT2D eigenvalue weighted by Crippen LogP contribution is -2.44. The summed E-state index contributed by atoms with van der Waals surface area (Å²) < 4.78 is 41.9. The van der Waals surface area contributed by atoms with E-state index in [0.717, 1.165) is 31.9 Å². The maximum absolute atomic E-state index is 12.6. The fourth-order valence-corrected chi connectivity index (χ4v) is 2.49. The van der Waals surface area contributed by atoms with Crippen molar-refractivity contribution < 1.29 is 17.9 Å². The number of nitrogens with zero attached hydrogens (tertiary/aromatic N) is 2. The van der Waals surface area contributed by atoms with Gasteiger partial charge in [-0.1, -0.05) is 0 Å². The molecule has 1 heterocycles. The first-order valence-electron chi connectivity index (χ1n) is 7.65. The van der Waals surface area contributed by atoms with Gasteiger partial charge in [-0.3, -0.25) is 0 Å². The second kappa shape index (κ2) is 6.47. The Labute approximate surface area is 135 Å². The van der Waals surface area contributed by atoms with Crippen molar-refractivity contribution in [2.24, 2.45) is 0 Å². The van der Waals surface area contributed by atoms with Gasteiger partial charge in [-0.05, 0) is 46.0 Å². The molecule has 1 N–H and O–H groups in total. The summed E-state index contributed by atoms with van der Waals surface area (Å²) in [6.07, 6.45) is -4.70. The maximum atomic E-state index is 12.6. The molecule has 1 aliphatic rings. The lowest BCUT2D eigenvalue weighted by Gasteiger charge is -2.34. The van der Waals surface area contributed by atoms with Crippen molar-refractivity contribution in [1.82, 2.24) is 4.90 Å². The highest BCUT2D eigenvalue weighted by atomic mass is 19.4. The van der Waals surface area contributed by atoms with E-state index in [1.165, 1.54) is 6.07 Å². The van der Waals surface area contributed by atoms with Gasteiger partial charge in [0.2, 0.25) is 0 Å². The van der Waals surface area contributed by atoms with Crippen LogP contribution in [0.4, 0.5) is 24.5 Å². The van der Waals surface area contributed by atoms with Gasteiger partial charge in [0, 0.05) is 37.4 Å². The molecule has 1 aromatic carbocycles. The molecule has 2 rings (SSSR count). The van der Waals surface area contributed by atoms with Gasteiger partial charge in [-0.15, -0.1) is 13.2 Å². The van der Waals surface area contributed by atoms with Gasteiger partial charge in [-0.25, -0.2) is 0 Å². The van der Waals surface area contributed by atoms with E-state index in [4.69, 9.17) is 0 Å². The molecule has 0 bridgehead atoms. The quantitative estimate of drug-likeness (QED) is 0.917. The van der Waals surface area contributed by atoms with E-state index in [0.29, 0.717) is 5.69 Å². The topological polar surface area (TPSA) is 27.7 Å². The molecule has 7 heteroatoms. The third-order valence-electron chi connectivity index (χ3n) is 3.57. The number of ether oxygens (including phenoxy) is 1. The van der Waals surface area contributed by atoms with Crippen molar-refractivity contribution in [2.75, 3.05) is 43.4 Å². The molecule has 4 nitrogen and oxygen atoms in total. The molecule has 1 saturated heterocycles. The summed E-state index contributed by atoms with van der Waals surface area (Å²) in [5.74, 6) is -0.203. The largest absolute Gasteiger partial charge is 0.573 e. The predicted octanol–water partition coefficient (Wildman–Crippen LogP) is 3.55. The first-order chi connectivity index (χ1) is 10.5. The van der Waals surface area contributed by atoms with Gasteiger partial charge in [0.15, 0.2) is 5.75 Å². The van der Waals surface area contributed by atoms with Gasteiger partial charge < -0.3 is 19.9 Å². The minimum atomic E-state index is -4.70. The Balaban J connectivity index is 2.27. The predicted molar refractivity (Wildman–Crippen MR) is 86.2 cm³/mol. The second-order valence-electron chi connectivity index (χ2n) is 6.89. The lowest BCUT2D eigenvalue weighted by molar-refractivity contribution is -0.274. The number of likely N-dealkylation sites (N-methyl/N-ethyl adjacent to an activating group) is 1. The molecule has 0 aromatic heterocycles. The van der Waals surface area contributed by atoms with Crippen LogP contribution >= 0.6 is 0 Å². The molecule has 1 aromatic rings. The van der Waals surface area contributed by atoms with E-state index in [1.54, 1.807) is 12.1 Å². The molecule has 0 saturated carbocycles. The van der Waals surface area contributed by atoms with Crippen molar-refractivity contribution in [3.05, 3.63) is 18.2 Å². The Hall–Kier alpha value is -1.63. The first-order valence-corrected chi connectivity index (χ1v) is 7.65. The average Bonchev–Trinajstić information content (AvgIpc) is 2.38. The summed E-state index contributed by atoms with van der Waals surface area (Å²) in [7, 11) is 2.06. The number of hydrogen-bond donors (Lipinski definition) is 1. The standard InChI is InChI=1S/C16H24F3N3O/c1-15(2,3)20-13-11-12(22-9-7-21(4)8-10-22)5-6-14(13)23-16(17,18)19/h5-6,11,20H,7-10H2,1-4H3. The minimum Gasteiger partial charge on any atom is -0.404 e. The van der Waals surface area contributed by atoms with Gasteiger partial charge in [0.05, 0.1) is 5.69 Å². The Morgan fingerprint density at radius 2 is 1.65 bits per heavy atom. The molecule has 0 amide bonds. The highest BCUT2D eigenvalue weighted by Crippen LogP contribution is 2.35. The van der Waals surface area contributed by atoms with Gasteiger partial charge in [0.1, 0.15) is 0 Å². The second-order valence-corrected chi connectivity index (χ2v) is 6.89. The van der Waals surface area contributed by atoms with Crippen molar-refractivity contribution in [2.45, 2.75) is 32.7 Å². The van der Waals surface area contributed by atoms with E-state index in [1.807, 2.05) is 20.8 Å². The third kappa shape index (κ3) is 5.49. The maximum Gasteiger partial charge on any atom is 0.573 e. The van der Waals surface area contributed by atoms with Gasteiger partial charge in [-0.2, -0.15) is 0 Å². The number of hydrogen-bond acceptors (Lipinski definition) is 4. The molecule has 23 heavy (non-hydrogen) atoms. The fourth-order valence-electron chi connectivity index (χ4n) is 2.49. The number of anilines is 2. The van der Waals surface area contributed by atoms with Crippen LogP contribution in [-0.4, -0.2) is 50.0 Å². The zero-order valence-electron chi connectivity index (χ0n) is 14.0. The zero-order valence-corrected chi connectivity index (χ0v) is 14.0. The van der Waals surface area contributed by atoms with E-state index >= 15 is 0 Å².